The molecule has 0 N–H and O–H groups in total. The van der Waals surface area contributed by atoms with Crippen molar-refractivity contribution in [2.24, 2.45) is 0 Å². The van der Waals surface area contributed by atoms with Crippen LogP contribution in [-0.4, -0.2) is 9.55 Å². The molecule has 4 rings (SSSR count). The van der Waals surface area contributed by atoms with Gasteiger partial charge in [0.15, 0.2) is 0 Å². The molecular formula is C24H18FN3. The average molecular weight is 367 g/mol. The lowest BCUT2D eigenvalue weighted by Crippen LogP contribution is -1.99. The second-order valence-electron chi connectivity index (χ2n) is 6.69. The van der Waals surface area contributed by atoms with Crippen molar-refractivity contribution in [1.29, 1.82) is 5.26 Å². The number of hydrogen-bond acceptors (Lipinski definition) is 2. The molecule has 0 saturated heterocycles. The first kappa shape index (κ1) is 17.7. The van der Waals surface area contributed by atoms with Gasteiger partial charge in [-0.25, -0.2) is 4.39 Å². The minimum absolute atomic E-state index is 0.307. The number of aromatic nitrogens is 2. The summed E-state index contributed by atoms with van der Waals surface area (Å²) in [6, 6.07) is 20.6. The van der Waals surface area contributed by atoms with Crippen LogP contribution in [0, 0.1) is 31.0 Å². The van der Waals surface area contributed by atoms with E-state index in [0.29, 0.717) is 11.1 Å². The van der Waals surface area contributed by atoms with E-state index in [4.69, 9.17) is 0 Å². The van der Waals surface area contributed by atoms with Gasteiger partial charge in [0.25, 0.3) is 0 Å². The van der Waals surface area contributed by atoms with Gasteiger partial charge in [0.1, 0.15) is 5.82 Å². The smallest absolute Gasteiger partial charge is 0.131 e. The molecule has 3 nitrogen and oxygen atoms in total. The molecule has 2 heterocycles. The van der Waals surface area contributed by atoms with E-state index in [0.717, 1.165) is 33.5 Å². The fourth-order valence-corrected chi connectivity index (χ4v) is 3.54. The molecule has 4 aromatic rings. The topological polar surface area (TPSA) is 41.6 Å². The van der Waals surface area contributed by atoms with Crippen LogP contribution in [0.4, 0.5) is 4.39 Å². The largest absolute Gasteiger partial charge is 0.318 e. The zero-order valence-corrected chi connectivity index (χ0v) is 15.6. The summed E-state index contributed by atoms with van der Waals surface area (Å²) in [5, 5.41) is 10.6. The molecule has 28 heavy (non-hydrogen) atoms. The van der Waals surface area contributed by atoms with Gasteiger partial charge in [0.05, 0.1) is 17.2 Å². The monoisotopic (exact) mass is 367 g/mol. The van der Waals surface area contributed by atoms with Crippen molar-refractivity contribution < 1.29 is 4.39 Å². The number of halogens is 1. The maximum absolute atomic E-state index is 14.1. The molecule has 0 atom stereocenters. The Bertz CT molecular complexity index is 1260. The fourth-order valence-electron chi connectivity index (χ4n) is 3.54. The van der Waals surface area contributed by atoms with Gasteiger partial charge in [-0.05, 0) is 61.9 Å². The molecule has 0 aliphatic rings. The molecule has 0 fully saturated rings. The summed E-state index contributed by atoms with van der Waals surface area (Å²) < 4.78 is 16.3. The van der Waals surface area contributed by atoms with Gasteiger partial charge in [-0.1, -0.05) is 24.3 Å². The lowest BCUT2D eigenvalue weighted by Gasteiger charge is -2.11. The zero-order valence-electron chi connectivity index (χ0n) is 15.6. The van der Waals surface area contributed by atoms with Crippen molar-refractivity contribution in [2.45, 2.75) is 13.8 Å². The van der Waals surface area contributed by atoms with Crippen molar-refractivity contribution in [1.82, 2.24) is 9.55 Å². The highest BCUT2D eigenvalue weighted by atomic mass is 19.1. The van der Waals surface area contributed by atoms with Crippen LogP contribution in [0.5, 0.6) is 0 Å². The number of fused-ring (bicyclic) bond motifs is 1. The van der Waals surface area contributed by atoms with Gasteiger partial charge in [-0.15, -0.1) is 0 Å². The Kier molecular flexibility index (Phi) is 4.50. The molecular weight excluding hydrogens is 349 g/mol. The molecule has 0 saturated carbocycles. The number of rotatable bonds is 3. The SMILES string of the molecule is Cc1cc(/C=C(/C#N)c2ccccc2F)c(C)n1-c1ccc2ncccc2c1. The highest BCUT2D eigenvalue weighted by Crippen LogP contribution is 2.27. The third-order valence-corrected chi connectivity index (χ3v) is 4.90. The molecule has 0 aliphatic heterocycles. The van der Waals surface area contributed by atoms with E-state index in [9.17, 15) is 9.65 Å². The van der Waals surface area contributed by atoms with E-state index >= 15 is 0 Å². The summed E-state index contributed by atoms with van der Waals surface area (Å²) in [6.07, 6.45) is 3.53. The van der Waals surface area contributed by atoms with E-state index in [-0.39, 0.29) is 0 Å². The van der Waals surface area contributed by atoms with Gasteiger partial charge in [0.2, 0.25) is 0 Å². The Morgan fingerprint density at radius 2 is 1.89 bits per heavy atom. The van der Waals surface area contributed by atoms with E-state index in [2.05, 4.69) is 21.7 Å². The number of nitriles is 1. The van der Waals surface area contributed by atoms with E-state index in [1.165, 1.54) is 6.07 Å². The van der Waals surface area contributed by atoms with Crippen molar-refractivity contribution in [3.8, 4) is 11.8 Å². The second kappa shape index (κ2) is 7.13. The zero-order chi connectivity index (χ0) is 19.7. The van der Waals surface area contributed by atoms with Gasteiger partial charge >= 0.3 is 0 Å². The van der Waals surface area contributed by atoms with Crippen molar-refractivity contribution in [2.75, 3.05) is 0 Å². The minimum Gasteiger partial charge on any atom is -0.318 e. The van der Waals surface area contributed by atoms with Crippen LogP contribution in [0.2, 0.25) is 0 Å². The number of hydrogen-bond donors (Lipinski definition) is 0. The highest BCUT2D eigenvalue weighted by Gasteiger charge is 2.13. The van der Waals surface area contributed by atoms with Crippen LogP contribution >= 0.6 is 0 Å². The lowest BCUT2D eigenvalue weighted by atomic mass is 10.0. The van der Waals surface area contributed by atoms with Crippen molar-refractivity contribution in [3.63, 3.8) is 0 Å². The van der Waals surface area contributed by atoms with E-state index < -0.39 is 5.82 Å². The Hall–Kier alpha value is -3.71. The quantitative estimate of drug-likeness (QED) is 0.427. The fraction of sp³-hybridized carbons (Fsp3) is 0.0833. The summed E-state index contributed by atoms with van der Waals surface area (Å²) in [5.74, 6) is -0.397. The third-order valence-electron chi connectivity index (χ3n) is 4.90. The van der Waals surface area contributed by atoms with Crippen LogP contribution in [0.1, 0.15) is 22.5 Å². The maximum Gasteiger partial charge on any atom is 0.131 e. The molecule has 0 bridgehead atoms. The minimum atomic E-state index is -0.397. The third kappa shape index (κ3) is 3.08. The summed E-state index contributed by atoms with van der Waals surface area (Å²) in [5.41, 5.74) is 5.51. The molecule has 0 spiro atoms. The van der Waals surface area contributed by atoms with Crippen LogP contribution < -0.4 is 0 Å². The van der Waals surface area contributed by atoms with Crippen molar-refractivity contribution >= 4 is 22.6 Å². The number of benzene rings is 2. The van der Waals surface area contributed by atoms with Gasteiger partial charge in [-0.2, -0.15) is 5.26 Å². The summed E-state index contributed by atoms with van der Waals surface area (Å²) in [7, 11) is 0. The normalized spacial score (nSPS) is 11.6. The Balaban J connectivity index is 1.83. The predicted octanol–water partition coefficient (Wildman–Crippen LogP) is 5.85. The van der Waals surface area contributed by atoms with Crippen LogP contribution in [0.3, 0.4) is 0 Å². The second-order valence-corrected chi connectivity index (χ2v) is 6.69. The maximum atomic E-state index is 14.1. The molecule has 0 unspecified atom stereocenters. The highest BCUT2D eigenvalue weighted by molar-refractivity contribution is 5.90. The Labute approximate surface area is 163 Å². The van der Waals surface area contributed by atoms with Gasteiger partial charge in [0, 0.05) is 34.2 Å². The standard InChI is InChI=1S/C24H18FN3/c1-16-12-19(13-20(15-26)22-7-3-4-8-23(22)25)17(2)28(16)21-9-10-24-18(14-21)6-5-11-27-24/h3-14H,1-2H3/b20-13-. The summed E-state index contributed by atoms with van der Waals surface area (Å²) >= 11 is 0. The molecule has 2 aromatic heterocycles. The van der Waals surface area contributed by atoms with Crippen LogP contribution in [-0.2, 0) is 0 Å². The molecule has 4 heteroatoms. The summed E-state index contributed by atoms with van der Waals surface area (Å²) in [4.78, 5) is 4.37. The number of pyridine rings is 1. The average Bonchev–Trinajstić information content (AvgIpc) is 2.99. The number of allylic oxidation sites excluding steroid dienone is 1. The van der Waals surface area contributed by atoms with E-state index in [1.807, 2.05) is 44.2 Å². The first-order valence-corrected chi connectivity index (χ1v) is 8.99. The first-order valence-electron chi connectivity index (χ1n) is 8.99. The van der Waals surface area contributed by atoms with Crippen LogP contribution in [0.15, 0.2) is 66.9 Å². The Morgan fingerprint density at radius 3 is 2.68 bits per heavy atom. The molecule has 136 valence electrons. The number of aryl methyl sites for hydroxylation is 1. The molecule has 0 radical (unpaired) electrons. The van der Waals surface area contributed by atoms with Gasteiger partial charge in [-0.3, -0.25) is 4.98 Å². The Morgan fingerprint density at radius 1 is 1.07 bits per heavy atom. The molecule has 0 amide bonds. The van der Waals surface area contributed by atoms with Gasteiger partial charge < -0.3 is 4.57 Å². The molecule has 0 aliphatic carbocycles. The van der Waals surface area contributed by atoms with E-state index in [1.54, 1.807) is 30.5 Å². The van der Waals surface area contributed by atoms with Crippen molar-refractivity contribution in [3.05, 3.63) is 95.2 Å². The number of nitrogens with zero attached hydrogens (tertiary/aromatic N) is 3. The first-order chi connectivity index (χ1) is 13.6. The summed E-state index contributed by atoms with van der Waals surface area (Å²) in [6.45, 7) is 4.02. The molecule has 2 aromatic carbocycles. The predicted molar refractivity (Wildman–Crippen MR) is 110 cm³/mol. The van der Waals surface area contributed by atoms with Crippen LogP contribution in [0.25, 0.3) is 28.2 Å². The lowest BCUT2D eigenvalue weighted by molar-refractivity contribution is 0.624.